The van der Waals surface area contributed by atoms with E-state index in [4.69, 9.17) is 16.3 Å². The molecule has 0 atom stereocenters. The normalized spacial score (nSPS) is 15.6. The highest BCUT2D eigenvalue weighted by molar-refractivity contribution is 6.62. The Labute approximate surface area is 140 Å². The molecule has 1 aliphatic heterocycles. The van der Waals surface area contributed by atoms with Crippen LogP contribution in [0.1, 0.15) is 41.0 Å². The van der Waals surface area contributed by atoms with Crippen LogP contribution < -0.4 is 5.46 Å². The molecule has 0 amide bonds. The summed E-state index contributed by atoms with van der Waals surface area (Å²) in [4.78, 5) is 16.5. The van der Waals surface area contributed by atoms with E-state index in [-0.39, 0.29) is 12.2 Å². The van der Waals surface area contributed by atoms with Gasteiger partial charge in [-0.1, -0.05) is 29.8 Å². The van der Waals surface area contributed by atoms with Gasteiger partial charge in [-0.15, -0.1) is 0 Å². The Bertz CT molecular complexity index is 791. The van der Waals surface area contributed by atoms with Crippen molar-refractivity contribution in [1.29, 1.82) is 0 Å². The predicted octanol–water partition coefficient (Wildman–Crippen LogP) is 2.42. The van der Waals surface area contributed by atoms with Crippen LogP contribution in [0.3, 0.4) is 0 Å². The molecule has 0 bridgehead atoms. The van der Waals surface area contributed by atoms with Gasteiger partial charge in [-0.25, -0.2) is 0 Å². The number of rotatable bonds is 3. The lowest BCUT2D eigenvalue weighted by Gasteiger charge is -2.19. The number of ketones is 1. The number of halogens is 1. The van der Waals surface area contributed by atoms with Crippen LogP contribution in [0.5, 0.6) is 0 Å². The first kappa shape index (κ1) is 16.2. The van der Waals surface area contributed by atoms with Crippen LogP contribution in [0.15, 0.2) is 30.5 Å². The molecular formula is C17H17BClNO3. The van der Waals surface area contributed by atoms with Gasteiger partial charge in [0.25, 0.3) is 0 Å². The Morgan fingerprint density at radius 2 is 2.13 bits per heavy atom. The molecule has 2 heterocycles. The Morgan fingerprint density at radius 1 is 1.39 bits per heavy atom. The molecule has 118 valence electrons. The van der Waals surface area contributed by atoms with Gasteiger partial charge in [0, 0.05) is 17.6 Å². The Morgan fingerprint density at radius 3 is 2.83 bits per heavy atom. The van der Waals surface area contributed by atoms with Gasteiger partial charge >= 0.3 is 7.12 Å². The summed E-state index contributed by atoms with van der Waals surface area (Å²) in [7, 11) is -0.956. The zero-order valence-electron chi connectivity index (χ0n) is 13.3. The van der Waals surface area contributed by atoms with E-state index >= 15 is 0 Å². The van der Waals surface area contributed by atoms with Crippen LogP contribution in [0, 0.1) is 6.92 Å². The lowest BCUT2D eigenvalue weighted by molar-refractivity contribution is 0.0987. The predicted molar refractivity (Wildman–Crippen MR) is 90.2 cm³/mol. The van der Waals surface area contributed by atoms with Crippen LogP contribution in [-0.2, 0) is 16.7 Å². The van der Waals surface area contributed by atoms with Crippen LogP contribution in [-0.4, -0.2) is 22.9 Å². The van der Waals surface area contributed by atoms with Gasteiger partial charge in [-0.05, 0) is 49.0 Å². The molecule has 1 aromatic carbocycles. The zero-order chi connectivity index (χ0) is 16.8. The molecule has 23 heavy (non-hydrogen) atoms. The van der Waals surface area contributed by atoms with Crippen molar-refractivity contribution in [3.05, 3.63) is 57.9 Å². The Hall–Kier alpha value is -1.69. The van der Waals surface area contributed by atoms with Crippen molar-refractivity contribution in [1.82, 2.24) is 4.98 Å². The van der Waals surface area contributed by atoms with E-state index in [9.17, 15) is 9.82 Å². The first-order chi connectivity index (χ1) is 10.8. The number of fused-ring (bicyclic) bond motifs is 1. The number of Topliss-reactive ketones (excluding diaryl/α,β-unsaturated/α-hetero) is 1. The number of benzene rings is 1. The van der Waals surface area contributed by atoms with Crippen molar-refractivity contribution in [3.63, 3.8) is 0 Å². The van der Waals surface area contributed by atoms with E-state index in [1.54, 1.807) is 12.3 Å². The summed E-state index contributed by atoms with van der Waals surface area (Å²) >= 11 is 6.05. The fourth-order valence-electron chi connectivity index (χ4n) is 2.81. The van der Waals surface area contributed by atoms with Crippen LogP contribution in [0.25, 0.3) is 0 Å². The van der Waals surface area contributed by atoms with E-state index in [0.717, 1.165) is 22.2 Å². The lowest BCUT2D eigenvalue weighted by atomic mass is 9.77. The second kappa shape index (κ2) is 5.75. The molecule has 1 N–H and O–H groups in total. The van der Waals surface area contributed by atoms with E-state index < -0.39 is 12.7 Å². The monoisotopic (exact) mass is 329 g/mol. The maximum atomic E-state index is 12.4. The number of carbonyl (C=O) groups excluding carboxylic acids is 1. The quantitative estimate of drug-likeness (QED) is 0.694. The average molecular weight is 330 g/mol. The smallest absolute Gasteiger partial charge is 0.423 e. The second-order valence-electron chi connectivity index (χ2n) is 6.32. The number of aromatic nitrogens is 1. The van der Waals surface area contributed by atoms with Crippen molar-refractivity contribution < 1.29 is 14.5 Å². The number of aryl methyl sites for hydroxylation is 1. The summed E-state index contributed by atoms with van der Waals surface area (Å²) in [5.74, 6) is -0.112. The maximum Gasteiger partial charge on any atom is 0.492 e. The maximum absolute atomic E-state index is 12.4. The van der Waals surface area contributed by atoms with Gasteiger partial charge in [0.05, 0.1) is 5.60 Å². The molecule has 0 saturated heterocycles. The first-order valence-electron chi connectivity index (χ1n) is 7.42. The van der Waals surface area contributed by atoms with E-state index in [2.05, 4.69) is 4.98 Å². The van der Waals surface area contributed by atoms with Crippen LogP contribution in [0.4, 0.5) is 0 Å². The topological polar surface area (TPSA) is 59.4 Å². The first-order valence-corrected chi connectivity index (χ1v) is 7.80. The molecule has 0 unspecified atom stereocenters. The Kier molecular flexibility index (Phi) is 4.04. The van der Waals surface area contributed by atoms with Crippen LogP contribution in [0.2, 0.25) is 5.02 Å². The molecule has 0 radical (unpaired) electrons. The molecule has 6 heteroatoms. The van der Waals surface area contributed by atoms with Gasteiger partial charge in [-0.3, -0.25) is 9.78 Å². The van der Waals surface area contributed by atoms with Gasteiger partial charge < -0.3 is 9.68 Å². The molecule has 1 aliphatic rings. The van der Waals surface area contributed by atoms with E-state index in [0.29, 0.717) is 10.7 Å². The molecule has 3 rings (SSSR count). The molecule has 4 nitrogen and oxygen atoms in total. The highest BCUT2D eigenvalue weighted by Crippen LogP contribution is 2.30. The number of nitrogens with zero attached hydrogens (tertiary/aromatic N) is 1. The number of hydrogen-bond donors (Lipinski definition) is 1. The highest BCUT2D eigenvalue weighted by Gasteiger charge is 2.40. The third-order valence-electron chi connectivity index (χ3n) is 4.12. The lowest BCUT2D eigenvalue weighted by Crippen LogP contribution is -2.29. The fourth-order valence-corrected chi connectivity index (χ4v) is 2.96. The van der Waals surface area contributed by atoms with Gasteiger partial charge in [-0.2, -0.15) is 0 Å². The standard InChI is InChI=1S/C17H17BClNO3/c1-10-9-20-15(8-14(10)19)16(21)7-11-4-5-12-13(6-11)18(22)23-17(12,2)3/h4-6,8-9,22H,7H2,1-3H3. The fraction of sp³-hybridized carbons (Fsp3) is 0.294. The van der Waals surface area contributed by atoms with Gasteiger partial charge in [0.15, 0.2) is 5.78 Å². The summed E-state index contributed by atoms with van der Waals surface area (Å²) in [6.45, 7) is 5.66. The molecule has 0 spiro atoms. The third-order valence-corrected chi connectivity index (χ3v) is 4.53. The van der Waals surface area contributed by atoms with E-state index in [1.165, 1.54) is 0 Å². The molecular weight excluding hydrogens is 312 g/mol. The minimum atomic E-state index is -0.956. The second-order valence-corrected chi connectivity index (χ2v) is 6.73. The average Bonchev–Trinajstić information content (AvgIpc) is 2.71. The third kappa shape index (κ3) is 3.04. The Balaban J connectivity index is 1.85. The minimum Gasteiger partial charge on any atom is -0.423 e. The highest BCUT2D eigenvalue weighted by atomic mass is 35.5. The zero-order valence-corrected chi connectivity index (χ0v) is 14.0. The molecule has 0 fully saturated rings. The summed E-state index contributed by atoms with van der Waals surface area (Å²) in [6.07, 6.45) is 1.80. The molecule has 2 aromatic rings. The van der Waals surface area contributed by atoms with Crippen molar-refractivity contribution in [2.75, 3.05) is 0 Å². The van der Waals surface area contributed by atoms with Crippen molar-refractivity contribution in [2.24, 2.45) is 0 Å². The minimum absolute atomic E-state index is 0.112. The molecule has 0 saturated carbocycles. The number of carbonyl (C=O) groups is 1. The van der Waals surface area contributed by atoms with Crippen molar-refractivity contribution >= 4 is 30.0 Å². The summed E-state index contributed by atoms with van der Waals surface area (Å²) < 4.78 is 5.53. The SMILES string of the molecule is Cc1cnc(C(=O)Cc2ccc3c(c2)B(O)OC3(C)C)cc1Cl. The summed E-state index contributed by atoms with van der Waals surface area (Å²) in [6, 6.07) is 7.20. The largest absolute Gasteiger partial charge is 0.492 e. The van der Waals surface area contributed by atoms with Gasteiger partial charge in [0.2, 0.25) is 0 Å². The summed E-state index contributed by atoms with van der Waals surface area (Å²) in [5.41, 5.74) is 3.13. The van der Waals surface area contributed by atoms with Crippen LogP contribution >= 0.6 is 11.6 Å². The number of pyridine rings is 1. The van der Waals surface area contributed by atoms with Gasteiger partial charge in [0.1, 0.15) is 5.69 Å². The van der Waals surface area contributed by atoms with E-state index in [1.807, 2.05) is 39.0 Å². The van der Waals surface area contributed by atoms with Crippen molar-refractivity contribution in [2.45, 2.75) is 32.8 Å². The summed E-state index contributed by atoms with van der Waals surface area (Å²) in [5, 5.41) is 10.6. The molecule has 0 aliphatic carbocycles. The molecule has 1 aromatic heterocycles. The van der Waals surface area contributed by atoms with Crippen molar-refractivity contribution in [3.8, 4) is 0 Å². The number of hydrogen-bond acceptors (Lipinski definition) is 4.